The molecule has 1 saturated heterocycles. The summed E-state index contributed by atoms with van der Waals surface area (Å²) in [5.41, 5.74) is 2.40. The molecule has 0 radical (unpaired) electrons. The number of benzene rings is 2. The van der Waals surface area contributed by atoms with Gasteiger partial charge in [0.2, 0.25) is 10.0 Å². The number of piperidine rings is 1. The summed E-state index contributed by atoms with van der Waals surface area (Å²) in [6, 6.07) is 16.7. The standard InChI is InChI=1S/C22H25N3O3S/c1-2-29(27,28)25-15-13-20(14-16-25)23-22(26)24-21-10-6-9-19(17-21)12-11-18-7-4-3-5-8-18/h3-10,17,20H,2,13-16H2,1H3,(H2,23,24,26). The van der Waals surface area contributed by atoms with Gasteiger partial charge in [0.05, 0.1) is 5.75 Å². The summed E-state index contributed by atoms with van der Waals surface area (Å²) < 4.78 is 25.3. The lowest BCUT2D eigenvalue weighted by Gasteiger charge is -2.31. The van der Waals surface area contributed by atoms with Crippen molar-refractivity contribution in [2.45, 2.75) is 25.8 Å². The van der Waals surface area contributed by atoms with Gasteiger partial charge in [-0.05, 0) is 50.1 Å². The number of rotatable bonds is 4. The molecule has 1 aliphatic rings. The Bertz CT molecular complexity index is 1000. The summed E-state index contributed by atoms with van der Waals surface area (Å²) in [6.45, 7) is 2.52. The highest BCUT2D eigenvalue weighted by atomic mass is 32.2. The Balaban J connectivity index is 1.53. The third-order valence-corrected chi connectivity index (χ3v) is 6.67. The number of hydrogen-bond donors (Lipinski definition) is 2. The summed E-state index contributed by atoms with van der Waals surface area (Å²) >= 11 is 0. The second-order valence-electron chi connectivity index (χ2n) is 6.87. The molecule has 0 aromatic heterocycles. The van der Waals surface area contributed by atoms with E-state index in [9.17, 15) is 13.2 Å². The van der Waals surface area contributed by atoms with Gasteiger partial charge in [0.1, 0.15) is 0 Å². The minimum atomic E-state index is -3.16. The zero-order valence-electron chi connectivity index (χ0n) is 16.4. The van der Waals surface area contributed by atoms with Crippen LogP contribution in [0.5, 0.6) is 0 Å². The molecule has 2 amide bonds. The first kappa shape index (κ1) is 20.9. The first-order chi connectivity index (χ1) is 14.0. The SMILES string of the molecule is CCS(=O)(=O)N1CCC(NC(=O)Nc2cccc(C#Cc3ccccc3)c2)CC1. The van der Waals surface area contributed by atoms with Crippen LogP contribution in [-0.4, -0.2) is 43.6 Å². The third-order valence-electron chi connectivity index (χ3n) is 4.79. The fraction of sp³-hybridized carbons (Fsp3) is 0.318. The van der Waals surface area contributed by atoms with Crippen molar-refractivity contribution in [3.63, 3.8) is 0 Å². The van der Waals surface area contributed by atoms with Crippen molar-refractivity contribution in [3.05, 3.63) is 65.7 Å². The summed E-state index contributed by atoms with van der Waals surface area (Å²) in [7, 11) is -3.16. The number of nitrogens with one attached hydrogen (secondary N) is 2. The predicted octanol–water partition coefficient (Wildman–Crippen LogP) is 3.02. The Kier molecular flexibility index (Phi) is 6.91. The van der Waals surface area contributed by atoms with Crippen molar-refractivity contribution in [2.75, 3.05) is 24.2 Å². The molecular weight excluding hydrogens is 386 g/mol. The lowest BCUT2D eigenvalue weighted by atomic mass is 10.1. The van der Waals surface area contributed by atoms with Gasteiger partial charge < -0.3 is 10.6 Å². The molecule has 0 atom stereocenters. The van der Waals surface area contributed by atoms with Crippen molar-refractivity contribution in [1.82, 2.24) is 9.62 Å². The van der Waals surface area contributed by atoms with E-state index in [-0.39, 0.29) is 17.8 Å². The van der Waals surface area contributed by atoms with Crippen molar-refractivity contribution in [2.24, 2.45) is 0 Å². The molecule has 1 aliphatic heterocycles. The van der Waals surface area contributed by atoms with Gasteiger partial charge in [-0.15, -0.1) is 0 Å². The smallest absolute Gasteiger partial charge is 0.319 e. The molecule has 29 heavy (non-hydrogen) atoms. The van der Waals surface area contributed by atoms with Crippen molar-refractivity contribution < 1.29 is 13.2 Å². The fourth-order valence-corrected chi connectivity index (χ4v) is 4.29. The second-order valence-corrected chi connectivity index (χ2v) is 9.13. The van der Waals surface area contributed by atoms with E-state index in [2.05, 4.69) is 22.5 Å². The van der Waals surface area contributed by atoms with Gasteiger partial charge in [-0.3, -0.25) is 0 Å². The van der Waals surface area contributed by atoms with E-state index in [1.165, 1.54) is 4.31 Å². The highest BCUT2D eigenvalue weighted by molar-refractivity contribution is 7.89. The Morgan fingerprint density at radius 3 is 2.38 bits per heavy atom. The number of hydrogen-bond acceptors (Lipinski definition) is 3. The van der Waals surface area contributed by atoms with E-state index >= 15 is 0 Å². The van der Waals surface area contributed by atoms with Crippen LogP contribution < -0.4 is 10.6 Å². The molecule has 3 rings (SSSR count). The predicted molar refractivity (Wildman–Crippen MR) is 115 cm³/mol. The normalized spacial score (nSPS) is 15.2. The van der Waals surface area contributed by atoms with E-state index in [1.807, 2.05) is 54.6 Å². The van der Waals surface area contributed by atoms with Gasteiger partial charge >= 0.3 is 6.03 Å². The van der Waals surface area contributed by atoms with E-state index in [1.54, 1.807) is 6.92 Å². The number of anilines is 1. The zero-order valence-corrected chi connectivity index (χ0v) is 17.2. The van der Waals surface area contributed by atoms with Crippen LogP contribution in [0, 0.1) is 11.8 Å². The van der Waals surface area contributed by atoms with Crippen molar-refractivity contribution >= 4 is 21.7 Å². The third kappa shape index (κ3) is 6.08. The molecule has 0 spiro atoms. The molecule has 1 fully saturated rings. The topological polar surface area (TPSA) is 78.5 Å². The van der Waals surface area contributed by atoms with Crippen LogP contribution >= 0.6 is 0 Å². The molecular formula is C22H25N3O3S. The maximum Gasteiger partial charge on any atom is 0.319 e. The van der Waals surface area contributed by atoms with Crippen LogP contribution in [0.25, 0.3) is 0 Å². The summed E-state index contributed by atoms with van der Waals surface area (Å²) in [5.74, 6) is 6.30. The molecule has 0 bridgehead atoms. The minimum absolute atomic E-state index is 0.0423. The fourth-order valence-electron chi connectivity index (χ4n) is 3.15. The maximum absolute atomic E-state index is 12.3. The average Bonchev–Trinajstić information content (AvgIpc) is 2.73. The first-order valence-corrected chi connectivity index (χ1v) is 11.3. The quantitative estimate of drug-likeness (QED) is 0.759. The van der Waals surface area contributed by atoms with E-state index in [0.29, 0.717) is 31.6 Å². The van der Waals surface area contributed by atoms with Crippen LogP contribution in [0.2, 0.25) is 0 Å². The Morgan fingerprint density at radius 2 is 1.69 bits per heavy atom. The molecule has 2 aromatic carbocycles. The Morgan fingerprint density at radius 1 is 1.03 bits per heavy atom. The average molecular weight is 412 g/mol. The highest BCUT2D eigenvalue weighted by Gasteiger charge is 2.27. The van der Waals surface area contributed by atoms with Gasteiger partial charge in [0, 0.05) is 35.9 Å². The number of carbonyl (C=O) groups excluding carboxylic acids is 1. The zero-order chi connectivity index (χ0) is 20.7. The lowest BCUT2D eigenvalue weighted by Crippen LogP contribution is -2.47. The lowest BCUT2D eigenvalue weighted by molar-refractivity contribution is 0.238. The molecule has 2 aromatic rings. The van der Waals surface area contributed by atoms with Gasteiger partial charge in [-0.2, -0.15) is 0 Å². The molecule has 0 saturated carbocycles. The van der Waals surface area contributed by atoms with Gasteiger partial charge in [-0.25, -0.2) is 17.5 Å². The largest absolute Gasteiger partial charge is 0.335 e. The van der Waals surface area contributed by atoms with Gasteiger partial charge in [0.25, 0.3) is 0 Å². The summed E-state index contributed by atoms with van der Waals surface area (Å²) in [6.07, 6.45) is 1.21. The molecule has 0 aliphatic carbocycles. The van der Waals surface area contributed by atoms with Crippen molar-refractivity contribution in [3.8, 4) is 11.8 Å². The number of nitrogens with zero attached hydrogens (tertiary/aromatic N) is 1. The highest BCUT2D eigenvalue weighted by Crippen LogP contribution is 2.15. The number of amides is 2. The van der Waals surface area contributed by atoms with Crippen LogP contribution in [0.15, 0.2) is 54.6 Å². The summed E-state index contributed by atoms with van der Waals surface area (Å²) in [5, 5.41) is 5.76. The van der Waals surface area contributed by atoms with E-state index < -0.39 is 10.0 Å². The van der Waals surface area contributed by atoms with Gasteiger partial charge in [0.15, 0.2) is 0 Å². The molecule has 1 heterocycles. The maximum atomic E-state index is 12.3. The van der Waals surface area contributed by atoms with Crippen LogP contribution in [0.4, 0.5) is 10.5 Å². The monoisotopic (exact) mass is 411 g/mol. The molecule has 152 valence electrons. The van der Waals surface area contributed by atoms with Crippen LogP contribution in [0.1, 0.15) is 30.9 Å². The van der Waals surface area contributed by atoms with Crippen LogP contribution in [-0.2, 0) is 10.0 Å². The van der Waals surface area contributed by atoms with Gasteiger partial charge in [-0.1, -0.05) is 36.1 Å². The molecule has 0 unspecified atom stereocenters. The molecule has 7 heteroatoms. The number of carbonyl (C=O) groups is 1. The second kappa shape index (κ2) is 9.59. The van der Waals surface area contributed by atoms with Crippen molar-refractivity contribution in [1.29, 1.82) is 0 Å². The molecule has 6 nitrogen and oxygen atoms in total. The first-order valence-electron chi connectivity index (χ1n) is 9.69. The number of sulfonamides is 1. The van der Waals surface area contributed by atoms with Crippen LogP contribution in [0.3, 0.4) is 0 Å². The number of urea groups is 1. The van der Waals surface area contributed by atoms with E-state index in [0.717, 1.165) is 11.1 Å². The summed E-state index contributed by atoms with van der Waals surface area (Å²) in [4.78, 5) is 12.3. The minimum Gasteiger partial charge on any atom is -0.335 e. The Labute approximate surface area is 172 Å². The molecule has 2 N–H and O–H groups in total. The Hall–Kier alpha value is -2.82. The van der Waals surface area contributed by atoms with E-state index in [4.69, 9.17) is 0 Å².